The number of carbonyl (C=O) groups is 1. The van der Waals surface area contributed by atoms with Crippen LogP contribution in [0.1, 0.15) is 21.3 Å². The molecule has 3 rings (SSSR count). The van der Waals surface area contributed by atoms with Crippen molar-refractivity contribution in [3.63, 3.8) is 0 Å². The van der Waals surface area contributed by atoms with E-state index >= 15 is 0 Å². The lowest BCUT2D eigenvalue weighted by molar-refractivity contribution is 0.0947. The normalized spacial score (nSPS) is 12.3. The minimum atomic E-state index is -3.92. The molecule has 1 atom stereocenters. The summed E-state index contributed by atoms with van der Waals surface area (Å²) < 4.78 is 39.4. The number of amides is 1. The highest BCUT2D eigenvalue weighted by Gasteiger charge is 2.29. The Kier molecular flexibility index (Phi) is 5.65. The molecule has 1 amide bonds. The van der Waals surface area contributed by atoms with E-state index in [0.29, 0.717) is 5.56 Å². The highest BCUT2D eigenvalue weighted by molar-refractivity contribution is 7.91. The van der Waals surface area contributed by atoms with Crippen molar-refractivity contribution in [3.05, 3.63) is 94.2 Å². The van der Waals surface area contributed by atoms with Gasteiger partial charge in [0.05, 0.1) is 4.90 Å². The number of nitrogens with zero attached hydrogens (tertiary/aromatic N) is 1. The number of hydrogen-bond donors (Lipinski definition) is 2. The van der Waals surface area contributed by atoms with E-state index in [0.717, 1.165) is 18.2 Å². The van der Waals surface area contributed by atoms with Gasteiger partial charge in [0.25, 0.3) is 11.5 Å². The minimum Gasteiger partial charge on any atom is -0.349 e. The van der Waals surface area contributed by atoms with Gasteiger partial charge in [-0.25, -0.2) is 17.9 Å². The van der Waals surface area contributed by atoms with Crippen LogP contribution in [-0.2, 0) is 9.84 Å². The van der Waals surface area contributed by atoms with E-state index in [1.54, 1.807) is 30.3 Å². The molecule has 1 aromatic heterocycles. The summed E-state index contributed by atoms with van der Waals surface area (Å²) in [7, 11) is -3.92. The predicted octanol–water partition coefficient (Wildman–Crippen LogP) is 1.85. The number of hydrogen-bond acceptors (Lipinski definition) is 5. The van der Waals surface area contributed by atoms with Crippen LogP contribution in [0.15, 0.2) is 76.4 Å². The molecule has 28 heavy (non-hydrogen) atoms. The Morgan fingerprint density at radius 3 is 2.32 bits per heavy atom. The van der Waals surface area contributed by atoms with Gasteiger partial charge in [-0.1, -0.05) is 30.3 Å². The first-order valence-electron chi connectivity index (χ1n) is 8.26. The van der Waals surface area contributed by atoms with Crippen LogP contribution in [0.3, 0.4) is 0 Å². The molecule has 0 saturated heterocycles. The van der Waals surface area contributed by atoms with E-state index in [1.807, 2.05) is 0 Å². The van der Waals surface area contributed by atoms with E-state index in [9.17, 15) is 22.4 Å². The first-order valence-corrected chi connectivity index (χ1v) is 9.81. The van der Waals surface area contributed by atoms with Crippen LogP contribution in [-0.4, -0.2) is 31.1 Å². The lowest BCUT2D eigenvalue weighted by Crippen LogP contribution is -2.33. The maximum Gasteiger partial charge on any atom is 0.271 e. The smallest absolute Gasteiger partial charge is 0.271 e. The average Bonchev–Trinajstić information content (AvgIpc) is 2.69. The van der Waals surface area contributed by atoms with Crippen LogP contribution < -0.4 is 10.9 Å². The second-order valence-corrected chi connectivity index (χ2v) is 8.05. The van der Waals surface area contributed by atoms with E-state index < -0.39 is 32.4 Å². The standard InChI is InChI=1S/C19H16FN3O4S/c20-14-6-8-15(9-7-14)28(26,27)17(13-4-2-1-3-5-13)12-21-19(25)16-10-11-18(24)23-22-16/h1-11,17H,12H2,(H,21,25)(H,23,24). The maximum atomic E-state index is 13.2. The van der Waals surface area contributed by atoms with Crippen molar-refractivity contribution in [1.29, 1.82) is 0 Å². The van der Waals surface area contributed by atoms with Gasteiger partial charge in [0.1, 0.15) is 16.8 Å². The number of carbonyl (C=O) groups excluding carboxylic acids is 1. The van der Waals surface area contributed by atoms with Crippen LogP contribution in [0.4, 0.5) is 4.39 Å². The summed E-state index contributed by atoms with van der Waals surface area (Å²) in [5.41, 5.74) is -0.0373. The summed E-state index contributed by atoms with van der Waals surface area (Å²) in [5, 5.41) is 7.20. The SMILES string of the molecule is O=C(NCC(c1ccccc1)S(=O)(=O)c1ccc(F)cc1)c1ccc(=O)[nH]n1. The van der Waals surface area contributed by atoms with E-state index in [-0.39, 0.29) is 17.1 Å². The summed E-state index contributed by atoms with van der Waals surface area (Å²) in [4.78, 5) is 23.3. The molecule has 2 N–H and O–H groups in total. The van der Waals surface area contributed by atoms with Crippen molar-refractivity contribution in [2.75, 3.05) is 6.54 Å². The van der Waals surface area contributed by atoms with Crippen molar-refractivity contribution in [2.24, 2.45) is 0 Å². The van der Waals surface area contributed by atoms with Gasteiger partial charge in [0.15, 0.2) is 9.84 Å². The molecule has 0 aliphatic rings. The molecule has 144 valence electrons. The second-order valence-electron chi connectivity index (χ2n) is 5.91. The fourth-order valence-corrected chi connectivity index (χ4v) is 4.27. The molecule has 7 nitrogen and oxygen atoms in total. The van der Waals surface area contributed by atoms with Gasteiger partial charge in [0.2, 0.25) is 0 Å². The number of sulfone groups is 1. The van der Waals surface area contributed by atoms with E-state index in [2.05, 4.69) is 15.5 Å². The number of halogens is 1. The van der Waals surface area contributed by atoms with Crippen molar-refractivity contribution < 1.29 is 17.6 Å². The zero-order valence-corrected chi connectivity index (χ0v) is 15.3. The molecule has 0 spiro atoms. The Hall–Kier alpha value is -3.33. The van der Waals surface area contributed by atoms with Gasteiger partial charge in [-0.3, -0.25) is 9.59 Å². The van der Waals surface area contributed by atoms with Crippen molar-refractivity contribution in [3.8, 4) is 0 Å². The summed E-state index contributed by atoms with van der Waals surface area (Å²) in [5.74, 6) is -1.18. The fraction of sp³-hybridized carbons (Fsp3) is 0.105. The number of benzene rings is 2. The predicted molar refractivity (Wildman–Crippen MR) is 100.0 cm³/mol. The first-order chi connectivity index (χ1) is 13.4. The third-order valence-electron chi connectivity index (χ3n) is 4.05. The number of H-pyrrole nitrogens is 1. The number of rotatable bonds is 6. The van der Waals surface area contributed by atoms with Crippen molar-refractivity contribution >= 4 is 15.7 Å². The Morgan fingerprint density at radius 2 is 1.71 bits per heavy atom. The molecular formula is C19H16FN3O4S. The van der Waals surface area contributed by atoms with Crippen LogP contribution in [0.5, 0.6) is 0 Å². The van der Waals surface area contributed by atoms with Gasteiger partial charge < -0.3 is 5.32 Å². The molecule has 0 aliphatic heterocycles. The molecule has 3 aromatic rings. The average molecular weight is 401 g/mol. The monoisotopic (exact) mass is 401 g/mol. The zero-order valence-electron chi connectivity index (χ0n) is 14.5. The molecule has 9 heteroatoms. The summed E-state index contributed by atoms with van der Waals surface area (Å²) in [6.07, 6.45) is 0. The lowest BCUT2D eigenvalue weighted by Gasteiger charge is -2.19. The highest BCUT2D eigenvalue weighted by atomic mass is 32.2. The van der Waals surface area contributed by atoms with E-state index in [4.69, 9.17) is 0 Å². The Balaban J connectivity index is 1.89. The molecule has 0 saturated carbocycles. The summed E-state index contributed by atoms with van der Waals surface area (Å²) >= 11 is 0. The summed E-state index contributed by atoms with van der Waals surface area (Å²) in [6.45, 7) is -0.233. The van der Waals surface area contributed by atoms with Crippen molar-refractivity contribution in [1.82, 2.24) is 15.5 Å². The number of nitrogens with one attached hydrogen (secondary N) is 2. The van der Waals surface area contributed by atoms with Gasteiger partial charge in [0, 0.05) is 12.6 Å². The van der Waals surface area contributed by atoms with Gasteiger partial charge in [-0.2, -0.15) is 5.10 Å². The third-order valence-corrected chi connectivity index (χ3v) is 6.17. The highest BCUT2D eigenvalue weighted by Crippen LogP contribution is 2.28. The summed E-state index contributed by atoms with van der Waals surface area (Å²) in [6, 6.07) is 15.3. The Labute approximate surface area is 160 Å². The quantitative estimate of drug-likeness (QED) is 0.613. The minimum absolute atomic E-state index is 0.0504. The molecule has 0 bridgehead atoms. The number of aromatic nitrogens is 2. The second kappa shape index (κ2) is 8.13. The van der Waals surface area contributed by atoms with Crippen molar-refractivity contribution in [2.45, 2.75) is 10.1 Å². The van der Waals surface area contributed by atoms with Gasteiger partial charge in [-0.05, 0) is 35.9 Å². The largest absolute Gasteiger partial charge is 0.349 e. The molecular weight excluding hydrogens is 385 g/mol. The molecule has 0 fully saturated rings. The van der Waals surface area contributed by atoms with Gasteiger partial charge in [-0.15, -0.1) is 0 Å². The number of aromatic amines is 1. The molecule has 1 unspecified atom stereocenters. The van der Waals surface area contributed by atoms with Crippen LogP contribution >= 0.6 is 0 Å². The molecule has 0 aliphatic carbocycles. The van der Waals surface area contributed by atoms with E-state index in [1.165, 1.54) is 18.2 Å². The lowest BCUT2D eigenvalue weighted by atomic mass is 10.1. The maximum absolute atomic E-state index is 13.2. The van der Waals surface area contributed by atoms with Gasteiger partial charge >= 0.3 is 0 Å². The Bertz CT molecular complexity index is 1110. The fourth-order valence-electron chi connectivity index (χ4n) is 2.61. The third kappa shape index (κ3) is 4.32. The van der Waals surface area contributed by atoms with Crippen LogP contribution in [0.25, 0.3) is 0 Å². The molecule has 1 heterocycles. The van der Waals surface area contributed by atoms with Crippen LogP contribution in [0, 0.1) is 5.82 Å². The Morgan fingerprint density at radius 1 is 1.04 bits per heavy atom. The topological polar surface area (TPSA) is 109 Å². The molecule has 2 aromatic carbocycles. The zero-order chi connectivity index (χ0) is 20.1. The van der Waals surface area contributed by atoms with Crippen LogP contribution in [0.2, 0.25) is 0 Å². The molecule has 0 radical (unpaired) electrons. The first kappa shape index (κ1) is 19.4.